The van der Waals surface area contributed by atoms with E-state index in [1.807, 2.05) is 13.0 Å². The van der Waals surface area contributed by atoms with Crippen molar-refractivity contribution < 1.29 is 0 Å². The Morgan fingerprint density at radius 1 is 1.32 bits per heavy atom. The summed E-state index contributed by atoms with van der Waals surface area (Å²) in [7, 11) is 0. The van der Waals surface area contributed by atoms with E-state index in [4.69, 9.17) is 5.73 Å². The predicted octanol–water partition coefficient (Wildman–Crippen LogP) is 2.23. The average molecular weight is 263 g/mol. The Labute approximate surface area is 115 Å². The summed E-state index contributed by atoms with van der Waals surface area (Å²) in [4.78, 5) is 8.44. The summed E-state index contributed by atoms with van der Waals surface area (Å²) in [6.45, 7) is 3.62. The molecule has 1 unspecified atom stereocenters. The molecule has 0 saturated heterocycles. The van der Waals surface area contributed by atoms with Crippen molar-refractivity contribution in [1.29, 1.82) is 0 Å². The summed E-state index contributed by atoms with van der Waals surface area (Å²) in [5, 5.41) is 6.63. The number of nitrogens with two attached hydrogens (primary N) is 1. The minimum Gasteiger partial charge on any atom is -0.370 e. The zero-order valence-electron chi connectivity index (χ0n) is 11.7. The van der Waals surface area contributed by atoms with Crippen molar-refractivity contribution in [2.24, 2.45) is 11.7 Å². The molecule has 19 heavy (non-hydrogen) atoms. The van der Waals surface area contributed by atoms with E-state index in [-0.39, 0.29) is 6.04 Å². The molecule has 1 aromatic rings. The lowest BCUT2D eigenvalue weighted by atomic mass is 10.0. The van der Waals surface area contributed by atoms with Gasteiger partial charge in [-0.25, -0.2) is 9.97 Å². The van der Waals surface area contributed by atoms with Crippen molar-refractivity contribution in [3.63, 3.8) is 0 Å². The summed E-state index contributed by atoms with van der Waals surface area (Å²) >= 11 is 0. The minimum atomic E-state index is 0.223. The topological polar surface area (TPSA) is 75.9 Å². The first-order valence-electron chi connectivity index (χ1n) is 7.30. The van der Waals surface area contributed by atoms with Crippen LogP contribution >= 0.6 is 0 Å². The van der Waals surface area contributed by atoms with Crippen molar-refractivity contribution >= 4 is 11.6 Å². The Hall–Kier alpha value is -1.36. The summed E-state index contributed by atoms with van der Waals surface area (Å²) in [6, 6.07) is 2.17. The second-order valence-electron chi connectivity index (χ2n) is 5.44. The van der Waals surface area contributed by atoms with E-state index in [0.717, 1.165) is 24.1 Å². The average Bonchev–Trinajstić information content (AvgIpc) is 2.92. The quantitative estimate of drug-likeness (QED) is 0.703. The van der Waals surface area contributed by atoms with Crippen LogP contribution in [0, 0.1) is 5.92 Å². The molecule has 2 rings (SSSR count). The van der Waals surface area contributed by atoms with Gasteiger partial charge in [-0.05, 0) is 19.3 Å². The van der Waals surface area contributed by atoms with E-state index in [1.165, 1.54) is 32.1 Å². The maximum absolute atomic E-state index is 5.59. The van der Waals surface area contributed by atoms with Gasteiger partial charge in [0.05, 0.1) is 0 Å². The highest BCUT2D eigenvalue weighted by molar-refractivity contribution is 5.46. The predicted molar refractivity (Wildman–Crippen MR) is 79.2 cm³/mol. The molecule has 0 aliphatic heterocycles. The highest BCUT2D eigenvalue weighted by Gasteiger charge is 2.14. The fourth-order valence-corrected chi connectivity index (χ4v) is 2.55. The number of rotatable bonds is 7. The van der Waals surface area contributed by atoms with Gasteiger partial charge in [-0.15, -0.1) is 0 Å². The maximum Gasteiger partial charge on any atom is 0.131 e. The van der Waals surface area contributed by atoms with Gasteiger partial charge in [0.15, 0.2) is 0 Å². The van der Waals surface area contributed by atoms with Gasteiger partial charge in [0.2, 0.25) is 0 Å². The summed E-state index contributed by atoms with van der Waals surface area (Å²) in [5.74, 6) is 2.63. The zero-order valence-corrected chi connectivity index (χ0v) is 11.7. The molecule has 1 aliphatic carbocycles. The van der Waals surface area contributed by atoms with Crippen LogP contribution in [0.3, 0.4) is 0 Å². The van der Waals surface area contributed by atoms with E-state index in [1.54, 1.807) is 6.33 Å². The molecule has 4 N–H and O–H groups in total. The molecule has 0 spiro atoms. The zero-order chi connectivity index (χ0) is 13.5. The summed E-state index contributed by atoms with van der Waals surface area (Å²) < 4.78 is 0. The summed E-state index contributed by atoms with van der Waals surface area (Å²) in [5.41, 5.74) is 5.59. The van der Waals surface area contributed by atoms with Crippen LogP contribution in [0.4, 0.5) is 11.6 Å². The SMILES string of the molecule is CC(CN)Nc1cc(NCCC2CCCC2)ncn1. The molecule has 106 valence electrons. The van der Waals surface area contributed by atoms with Crippen LogP contribution in [0.25, 0.3) is 0 Å². The molecule has 1 fully saturated rings. The highest BCUT2D eigenvalue weighted by atomic mass is 15.1. The molecule has 1 aromatic heterocycles. The van der Waals surface area contributed by atoms with Crippen molar-refractivity contribution in [3.05, 3.63) is 12.4 Å². The molecule has 5 nitrogen and oxygen atoms in total. The van der Waals surface area contributed by atoms with Crippen LogP contribution in [0.15, 0.2) is 12.4 Å². The first-order chi connectivity index (χ1) is 9.28. The Bertz CT molecular complexity index is 376. The molecule has 5 heteroatoms. The van der Waals surface area contributed by atoms with Gasteiger partial charge >= 0.3 is 0 Å². The number of nitrogens with one attached hydrogen (secondary N) is 2. The molecular weight excluding hydrogens is 238 g/mol. The van der Waals surface area contributed by atoms with Gasteiger partial charge in [0.1, 0.15) is 18.0 Å². The number of nitrogens with zero attached hydrogens (tertiary/aromatic N) is 2. The standard InChI is InChI=1S/C14H25N5/c1-11(9-15)19-14-8-13(17-10-18-14)16-7-6-12-4-2-3-5-12/h8,10-12H,2-7,9,15H2,1H3,(H2,16,17,18,19). The smallest absolute Gasteiger partial charge is 0.131 e. The molecule has 1 saturated carbocycles. The minimum absolute atomic E-state index is 0.223. The molecule has 0 amide bonds. The lowest BCUT2D eigenvalue weighted by Gasteiger charge is -2.13. The van der Waals surface area contributed by atoms with Crippen molar-refractivity contribution in [3.8, 4) is 0 Å². The highest BCUT2D eigenvalue weighted by Crippen LogP contribution is 2.27. The largest absolute Gasteiger partial charge is 0.370 e. The van der Waals surface area contributed by atoms with Gasteiger partial charge in [-0.3, -0.25) is 0 Å². The van der Waals surface area contributed by atoms with Gasteiger partial charge in [-0.1, -0.05) is 25.7 Å². The van der Waals surface area contributed by atoms with E-state index in [0.29, 0.717) is 6.54 Å². The number of hydrogen-bond acceptors (Lipinski definition) is 5. The van der Waals surface area contributed by atoms with Gasteiger partial charge < -0.3 is 16.4 Å². The first kappa shape index (κ1) is 14.1. The normalized spacial score (nSPS) is 17.4. The summed E-state index contributed by atoms with van der Waals surface area (Å²) in [6.07, 6.45) is 8.43. The molecule has 1 atom stereocenters. The molecule has 1 heterocycles. The van der Waals surface area contributed by atoms with E-state index < -0.39 is 0 Å². The van der Waals surface area contributed by atoms with Crippen LogP contribution in [0.1, 0.15) is 39.0 Å². The maximum atomic E-state index is 5.59. The van der Waals surface area contributed by atoms with Crippen LogP contribution < -0.4 is 16.4 Å². The molecule has 0 aromatic carbocycles. The van der Waals surface area contributed by atoms with Crippen molar-refractivity contribution in [2.45, 2.75) is 45.1 Å². The fourth-order valence-electron chi connectivity index (χ4n) is 2.55. The molecule has 0 radical (unpaired) electrons. The lowest BCUT2D eigenvalue weighted by Crippen LogP contribution is -2.25. The van der Waals surface area contributed by atoms with Crippen molar-refractivity contribution in [2.75, 3.05) is 23.7 Å². The van der Waals surface area contributed by atoms with Crippen LogP contribution in [-0.2, 0) is 0 Å². The van der Waals surface area contributed by atoms with Gasteiger partial charge in [0, 0.05) is 25.2 Å². The van der Waals surface area contributed by atoms with Gasteiger partial charge in [0.25, 0.3) is 0 Å². The number of hydrogen-bond donors (Lipinski definition) is 3. The number of aromatic nitrogens is 2. The Balaban J connectivity index is 1.77. The Morgan fingerprint density at radius 3 is 2.79 bits per heavy atom. The Kier molecular flexibility index (Phi) is 5.39. The van der Waals surface area contributed by atoms with Crippen LogP contribution in [0.5, 0.6) is 0 Å². The van der Waals surface area contributed by atoms with E-state index in [2.05, 4.69) is 20.6 Å². The monoisotopic (exact) mass is 263 g/mol. The molecule has 0 bridgehead atoms. The third-order valence-electron chi connectivity index (χ3n) is 3.75. The number of anilines is 2. The third kappa shape index (κ3) is 4.67. The van der Waals surface area contributed by atoms with Crippen molar-refractivity contribution in [1.82, 2.24) is 9.97 Å². The van der Waals surface area contributed by atoms with Gasteiger partial charge in [-0.2, -0.15) is 0 Å². The fraction of sp³-hybridized carbons (Fsp3) is 0.714. The van der Waals surface area contributed by atoms with Crippen LogP contribution in [-0.4, -0.2) is 29.1 Å². The molecular formula is C14H25N5. The first-order valence-corrected chi connectivity index (χ1v) is 7.30. The van der Waals surface area contributed by atoms with Crippen LogP contribution in [0.2, 0.25) is 0 Å². The molecule has 1 aliphatic rings. The lowest BCUT2D eigenvalue weighted by molar-refractivity contribution is 0.518. The Morgan fingerprint density at radius 2 is 2.05 bits per heavy atom. The second-order valence-corrected chi connectivity index (χ2v) is 5.44. The van der Waals surface area contributed by atoms with E-state index in [9.17, 15) is 0 Å². The van der Waals surface area contributed by atoms with E-state index >= 15 is 0 Å². The second kappa shape index (κ2) is 7.28. The third-order valence-corrected chi connectivity index (χ3v) is 3.75.